The van der Waals surface area contributed by atoms with E-state index in [0.717, 1.165) is 50.6 Å². The summed E-state index contributed by atoms with van der Waals surface area (Å²) in [6.07, 6.45) is 4.36. The van der Waals surface area contributed by atoms with E-state index in [0.29, 0.717) is 53.6 Å². The highest BCUT2D eigenvalue weighted by Gasteiger charge is 2.50. The summed E-state index contributed by atoms with van der Waals surface area (Å²) in [4.78, 5) is 29.0. The summed E-state index contributed by atoms with van der Waals surface area (Å²) in [7, 11) is 1.52. The molecule has 1 aromatic heterocycles. The smallest absolute Gasteiger partial charge is 0.410 e. The van der Waals surface area contributed by atoms with E-state index >= 15 is 4.39 Å². The Hall–Kier alpha value is -3.19. The van der Waals surface area contributed by atoms with Gasteiger partial charge in [0.05, 0.1) is 22.6 Å². The van der Waals surface area contributed by atoms with Crippen LogP contribution in [0.3, 0.4) is 0 Å². The van der Waals surface area contributed by atoms with Crippen LogP contribution in [0.4, 0.5) is 19.4 Å². The largest absolute Gasteiger partial charge is 0.467 e. The van der Waals surface area contributed by atoms with Crippen molar-refractivity contribution >= 4 is 46.0 Å². The molecule has 8 rings (SSSR count). The van der Waals surface area contributed by atoms with Crippen molar-refractivity contribution in [1.82, 2.24) is 19.8 Å². The minimum Gasteiger partial charge on any atom is -0.467 e. The molecule has 3 aromatic rings. The molecule has 1 saturated carbocycles. The molecule has 1 aliphatic carbocycles. The monoisotopic (exact) mass is 759 g/mol. The summed E-state index contributed by atoms with van der Waals surface area (Å²) in [5.41, 5.74) is 0.509. The van der Waals surface area contributed by atoms with Crippen LogP contribution in [0.2, 0.25) is 10.0 Å². The minimum absolute atomic E-state index is 0.00495. The van der Waals surface area contributed by atoms with Crippen LogP contribution in [-0.4, -0.2) is 102 Å². The summed E-state index contributed by atoms with van der Waals surface area (Å²) >= 11 is 13.9. The first-order chi connectivity index (χ1) is 24.8. The fourth-order valence-electron chi connectivity index (χ4n) is 8.85. The molecular formula is C38H45Cl2F2N5O5. The minimum atomic E-state index is -0.924. The lowest BCUT2D eigenvalue weighted by molar-refractivity contribution is 0.0122. The van der Waals surface area contributed by atoms with Gasteiger partial charge in [-0.05, 0) is 101 Å². The third kappa shape index (κ3) is 6.62. The molecule has 5 fully saturated rings. The molecule has 2 unspecified atom stereocenters. The number of hydrogen-bond acceptors (Lipinski definition) is 9. The zero-order valence-corrected chi connectivity index (χ0v) is 31.5. The van der Waals surface area contributed by atoms with Gasteiger partial charge in [-0.25, -0.2) is 13.6 Å². The number of amides is 1. The molecule has 10 nitrogen and oxygen atoms in total. The Morgan fingerprint density at radius 1 is 1.02 bits per heavy atom. The number of piperazine rings is 1. The van der Waals surface area contributed by atoms with Crippen LogP contribution in [0, 0.1) is 5.82 Å². The molecule has 280 valence electrons. The van der Waals surface area contributed by atoms with E-state index in [9.17, 15) is 9.18 Å². The second-order valence-corrected chi connectivity index (χ2v) is 16.8. The third-order valence-corrected chi connectivity index (χ3v) is 11.8. The van der Waals surface area contributed by atoms with Crippen LogP contribution in [0.15, 0.2) is 18.2 Å². The fraction of sp³-hybridized carbons (Fsp3) is 0.605. The van der Waals surface area contributed by atoms with E-state index in [1.807, 2.05) is 25.7 Å². The Bertz CT molecular complexity index is 1880. The van der Waals surface area contributed by atoms with Crippen molar-refractivity contribution in [3.05, 3.63) is 39.6 Å². The van der Waals surface area contributed by atoms with Gasteiger partial charge in [-0.15, -0.1) is 0 Å². The maximum atomic E-state index is 17.3. The van der Waals surface area contributed by atoms with Gasteiger partial charge >= 0.3 is 12.1 Å². The molecule has 4 atom stereocenters. The predicted octanol–water partition coefficient (Wildman–Crippen LogP) is 8.15. The van der Waals surface area contributed by atoms with Gasteiger partial charge in [-0.2, -0.15) is 9.97 Å². The quantitative estimate of drug-likeness (QED) is 0.201. The highest BCUT2D eigenvalue weighted by Crippen LogP contribution is 2.51. The van der Waals surface area contributed by atoms with Gasteiger partial charge in [0.25, 0.3) is 0 Å². The molecule has 14 heteroatoms. The van der Waals surface area contributed by atoms with Crippen LogP contribution in [0.5, 0.6) is 11.8 Å². The lowest BCUT2D eigenvalue weighted by Gasteiger charge is -2.42. The number of alkyl halides is 1. The molecule has 0 N–H and O–H groups in total. The molecule has 2 bridgehead atoms. The second kappa shape index (κ2) is 13.6. The van der Waals surface area contributed by atoms with Gasteiger partial charge in [-0.1, -0.05) is 23.2 Å². The van der Waals surface area contributed by atoms with Gasteiger partial charge in [0.15, 0.2) is 12.6 Å². The van der Waals surface area contributed by atoms with Crippen LogP contribution in [0.25, 0.3) is 22.0 Å². The number of ether oxygens (including phenoxy) is 4. The van der Waals surface area contributed by atoms with Gasteiger partial charge < -0.3 is 23.8 Å². The molecule has 4 aliphatic heterocycles. The number of hydrogen-bond donors (Lipinski definition) is 0. The number of nitrogens with zero attached hydrogens (tertiary/aromatic N) is 5. The molecule has 5 aliphatic rings. The third-order valence-electron chi connectivity index (χ3n) is 11.2. The molecule has 2 aromatic carbocycles. The average molecular weight is 761 g/mol. The summed E-state index contributed by atoms with van der Waals surface area (Å²) in [6, 6.07) is 4.96. The standard InChI is InChI=1S/C38H45Cl2F2N5O5/c1-37(2,3)52-36(48)47-23-8-9-24(47)18-45(17-23)34-27-14-29(40)31(26-12-25(51-20-49-4)13-28(39)30(26)21-6-7-21)32(42)33(27)43-35(44-34)50-19-38-10-5-11-46(38)16-22(41)15-38/h12-14,21-24H,5-11,15-20H2,1-4H3/t22-,23?,24?,38+/m1/s1. The van der Waals surface area contributed by atoms with Crippen molar-refractivity contribution in [2.45, 2.75) is 101 Å². The number of fused-ring (bicyclic) bond motifs is 4. The molecule has 0 radical (unpaired) electrons. The highest BCUT2D eigenvalue weighted by molar-refractivity contribution is 6.35. The zero-order valence-electron chi connectivity index (χ0n) is 30.0. The molecule has 5 heterocycles. The SMILES string of the molecule is COCOc1cc(Cl)c(C2CC2)c(-c2c(Cl)cc3c(N4CC5CCC(C4)N5C(=O)OC(C)(C)C)nc(OC[C@@]45CCCN4C[C@H](F)C5)nc3c2F)c1. The second-order valence-electron chi connectivity index (χ2n) is 16.0. The van der Waals surface area contributed by atoms with Crippen LogP contribution >= 0.6 is 23.2 Å². The van der Waals surface area contributed by atoms with Crippen molar-refractivity contribution in [3.63, 3.8) is 0 Å². The normalized spacial score (nSPS) is 26.0. The first kappa shape index (κ1) is 35.8. The van der Waals surface area contributed by atoms with Gasteiger partial charge in [-0.3, -0.25) is 9.80 Å². The van der Waals surface area contributed by atoms with Crippen LogP contribution in [-0.2, 0) is 9.47 Å². The average Bonchev–Trinajstić information content (AvgIpc) is 3.68. The van der Waals surface area contributed by atoms with Crippen molar-refractivity contribution in [2.24, 2.45) is 0 Å². The van der Waals surface area contributed by atoms with Crippen LogP contribution in [0.1, 0.15) is 77.2 Å². The van der Waals surface area contributed by atoms with Crippen molar-refractivity contribution in [3.8, 4) is 22.9 Å². The number of rotatable bonds is 9. The number of methoxy groups -OCH3 is 1. The molecule has 52 heavy (non-hydrogen) atoms. The first-order valence-electron chi connectivity index (χ1n) is 18.3. The molecule has 0 spiro atoms. The lowest BCUT2D eigenvalue weighted by atomic mass is 9.94. The molecular weight excluding hydrogens is 715 g/mol. The molecule has 1 amide bonds. The summed E-state index contributed by atoms with van der Waals surface area (Å²) in [6.45, 7) is 7.89. The van der Waals surface area contributed by atoms with Gasteiger partial charge in [0.1, 0.15) is 35.5 Å². The fourth-order valence-corrected chi connectivity index (χ4v) is 9.50. The van der Waals surface area contributed by atoms with Gasteiger partial charge in [0.2, 0.25) is 0 Å². The van der Waals surface area contributed by atoms with Gasteiger partial charge in [0, 0.05) is 49.1 Å². The van der Waals surface area contributed by atoms with Crippen LogP contribution < -0.4 is 14.4 Å². The number of halogens is 4. The van der Waals surface area contributed by atoms with Crippen molar-refractivity contribution in [2.75, 3.05) is 51.6 Å². The number of benzene rings is 2. The number of carbonyl (C=O) groups excluding carboxylic acids is 1. The Morgan fingerprint density at radius 2 is 1.77 bits per heavy atom. The van der Waals surface area contributed by atoms with E-state index in [4.69, 9.17) is 52.1 Å². The molecule has 4 saturated heterocycles. The van der Waals surface area contributed by atoms with E-state index in [-0.39, 0.29) is 59.6 Å². The van der Waals surface area contributed by atoms with Crippen molar-refractivity contribution in [1.29, 1.82) is 0 Å². The Labute approximate surface area is 312 Å². The summed E-state index contributed by atoms with van der Waals surface area (Å²) in [5.74, 6) is 0.441. The summed E-state index contributed by atoms with van der Waals surface area (Å²) in [5, 5.41) is 1.08. The highest BCUT2D eigenvalue weighted by atomic mass is 35.5. The van der Waals surface area contributed by atoms with E-state index in [1.54, 1.807) is 18.2 Å². The maximum Gasteiger partial charge on any atom is 0.410 e. The summed E-state index contributed by atoms with van der Waals surface area (Å²) < 4.78 is 55.0. The Morgan fingerprint density at radius 3 is 2.46 bits per heavy atom. The Kier molecular flexibility index (Phi) is 9.36. The van der Waals surface area contributed by atoms with E-state index in [1.165, 1.54) is 7.11 Å². The Balaban J connectivity index is 1.22. The topological polar surface area (TPSA) is 89.5 Å². The zero-order chi connectivity index (χ0) is 36.5. The first-order valence-corrected chi connectivity index (χ1v) is 19.0. The lowest BCUT2D eigenvalue weighted by Crippen LogP contribution is -2.57. The maximum absolute atomic E-state index is 17.3. The number of anilines is 1. The number of carbonyl (C=O) groups is 1. The van der Waals surface area contributed by atoms with E-state index in [2.05, 4.69) is 9.80 Å². The number of aromatic nitrogens is 2. The predicted molar refractivity (Wildman–Crippen MR) is 195 cm³/mol. The van der Waals surface area contributed by atoms with E-state index < -0.39 is 23.1 Å². The van der Waals surface area contributed by atoms with Crippen molar-refractivity contribution < 1.29 is 32.5 Å².